The maximum absolute atomic E-state index is 14.2. The van der Waals surface area contributed by atoms with Gasteiger partial charge in [-0.3, -0.25) is 13.9 Å². The molecule has 226 valence electrons. The van der Waals surface area contributed by atoms with Crippen LogP contribution in [-0.4, -0.2) is 50.9 Å². The summed E-state index contributed by atoms with van der Waals surface area (Å²) >= 11 is 0. The molecule has 9 heteroatoms. The first-order valence-electron chi connectivity index (χ1n) is 14.3. The second-order valence-corrected chi connectivity index (χ2v) is 12.6. The van der Waals surface area contributed by atoms with Crippen LogP contribution in [0.4, 0.5) is 5.69 Å². The number of hydrogen-bond donors (Lipinski definition) is 1. The zero-order valence-electron chi connectivity index (χ0n) is 25.7. The largest absolute Gasteiger partial charge is 0.497 e. The zero-order valence-corrected chi connectivity index (χ0v) is 26.5. The number of benzene rings is 3. The van der Waals surface area contributed by atoms with Crippen LogP contribution in [0.15, 0.2) is 71.6 Å². The summed E-state index contributed by atoms with van der Waals surface area (Å²) in [4.78, 5) is 29.2. The Hall–Kier alpha value is -3.85. The molecule has 0 fully saturated rings. The van der Waals surface area contributed by atoms with Crippen molar-refractivity contribution in [3.8, 4) is 5.75 Å². The Bertz CT molecular complexity index is 1470. The van der Waals surface area contributed by atoms with Crippen LogP contribution in [0.5, 0.6) is 5.75 Å². The summed E-state index contributed by atoms with van der Waals surface area (Å²) in [6.45, 7) is 11.0. The van der Waals surface area contributed by atoms with Gasteiger partial charge in [-0.1, -0.05) is 61.4 Å². The number of hydrogen-bond acceptors (Lipinski definition) is 5. The fourth-order valence-corrected chi connectivity index (χ4v) is 6.20. The molecule has 0 saturated heterocycles. The van der Waals surface area contributed by atoms with Crippen molar-refractivity contribution < 1.29 is 22.7 Å². The molecule has 3 rings (SSSR count). The van der Waals surface area contributed by atoms with E-state index in [0.717, 1.165) is 33.0 Å². The Morgan fingerprint density at radius 2 is 1.50 bits per heavy atom. The number of amides is 2. The predicted octanol–water partition coefficient (Wildman–Crippen LogP) is 5.54. The van der Waals surface area contributed by atoms with E-state index in [2.05, 4.69) is 5.32 Å². The Kier molecular flexibility index (Phi) is 11.2. The first-order valence-corrected chi connectivity index (χ1v) is 15.7. The lowest BCUT2D eigenvalue weighted by Crippen LogP contribution is -2.53. The SMILES string of the molecule is CC[C@@H](C)NC(=O)[C@H](CC)N(Cc1ccc(OC)cc1)C(=O)CN(c1ccc(C)cc1C)S(=O)(=O)c1ccc(C)cc1. The van der Waals surface area contributed by atoms with Crippen molar-refractivity contribution in [2.75, 3.05) is 18.0 Å². The Labute approximate surface area is 250 Å². The fraction of sp³-hybridized carbons (Fsp3) is 0.394. The molecule has 8 nitrogen and oxygen atoms in total. The third kappa shape index (κ3) is 7.91. The molecule has 0 heterocycles. The number of nitrogens with one attached hydrogen (secondary N) is 1. The van der Waals surface area contributed by atoms with E-state index < -0.39 is 28.5 Å². The van der Waals surface area contributed by atoms with Crippen molar-refractivity contribution in [2.45, 2.75) is 77.9 Å². The highest BCUT2D eigenvalue weighted by atomic mass is 32.2. The number of sulfonamides is 1. The summed E-state index contributed by atoms with van der Waals surface area (Å²) in [6, 6.07) is 18.4. The third-order valence-corrected chi connectivity index (χ3v) is 9.18. The van der Waals surface area contributed by atoms with Gasteiger partial charge in [0, 0.05) is 12.6 Å². The molecule has 2 atom stereocenters. The Balaban J connectivity index is 2.09. The smallest absolute Gasteiger partial charge is 0.264 e. The third-order valence-electron chi connectivity index (χ3n) is 7.41. The lowest BCUT2D eigenvalue weighted by molar-refractivity contribution is -0.140. The van der Waals surface area contributed by atoms with Crippen LogP contribution in [0.1, 0.15) is 55.9 Å². The van der Waals surface area contributed by atoms with Crippen molar-refractivity contribution in [3.63, 3.8) is 0 Å². The summed E-state index contributed by atoms with van der Waals surface area (Å²) in [5.74, 6) is -0.0794. The van der Waals surface area contributed by atoms with Gasteiger partial charge in [-0.15, -0.1) is 0 Å². The minimum absolute atomic E-state index is 0.0712. The topological polar surface area (TPSA) is 96.0 Å². The molecule has 0 aliphatic rings. The van der Waals surface area contributed by atoms with E-state index in [9.17, 15) is 18.0 Å². The summed E-state index contributed by atoms with van der Waals surface area (Å²) in [5.41, 5.74) is 3.83. The van der Waals surface area contributed by atoms with Gasteiger partial charge in [0.25, 0.3) is 10.0 Å². The number of aryl methyl sites for hydroxylation is 3. The van der Waals surface area contributed by atoms with E-state index in [-0.39, 0.29) is 23.4 Å². The van der Waals surface area contributed by atoms with Crippen molar-refractivity contribution in [2.24, 2.45) is 0 Å². The van der Waals surface area contributed by atoms with Crippen LogP contribution in [0.25, 0.3) is 0 Å². The maximum Gasteiger partial charge on any atom is 0.264 e. The average molecular weight is 594 g/mol. The van der Waals surface area contributed by atoms with Crippen LogP contribution in [-0.2, 0) is 26.2 Å². The number of nitrogens with zero attached hydrogens (tertiary/aromatic N) is 2. The highest BCUT2D eigenvalue weighted by Crippen LogP contribution is 2.29. The van der Waals surface area contributed by atoms with E-state index in [0.29, 0.717) is 17.9 Å². The number of carbonyl (C=O) groups excluding carboxylic acids is 2. The van der Waals surface area contributed by atoms with Gasteiger partial charge in [-0.05, 0) is 82.0 Å². The van der Waals surface area contributed by atoms with E-state index >= 15 is 0 Å². The summed E-state index contributed by atoms with van der Waals surface area (Å²) in [5, 5.41) is 3.00. The van der Waals surface area contributed by atoms with Gasteiger partial charge >= 0.3 is 0 Å². The zero-order chi connectivity index (χ0) is 31.0. The molecule has 0 unspecified atom stereocenters. The van der Waals surface area contributed by atoms with Crippen molar-refractivity contribution in [3.05, 3.63) is 89.0 Å². The average Bonchev–Trinajstić information content (AvgIpc) is 2.96. The molecule has 0 aliphatic heterocycles. The molecule has 1 N–H and O–H groups in total. The number of ether oxygens (including phenoxy) is 1. The van der Waals surface area contributed by atoms with E-state index in [4.69, 9.17) is 4.74 Å². The highest BCUT2D eigenvalue weighted by Gasteiger charge is 2.34. The van der Waals surface area contributed by atoms with Gasteiger partial charge < -0.3 is 15.0 Å². The van der Waals surface area contributed by atoms with Gasteiger partial charge in [-0.2, -0.15) is 0 Å². The minimum Gasteiger partial charge on any atom is -0.497 e. The van der Waals surface area contributed by atoms with Crippen LogP contribution < -0.4 is 14.4 Å². The molecule has 42 heavy (non-hydrogen) atoms. The van der Waals surface area contributed by atoms with Gasteiger partial charge in [0.2, 0.25) is 11.8 Å². The lowest BCUT2D eigenvalue weighted by atomic mass is 10.1. The molecule has 0 aromatic heterocycles. The monoisotopic (exact) mass is 593 g/mol. The first kappa shape index (κ1) is 32.7. The van der Waals surface area contributed by atoms with Crippen molar-refractivity contribution in [1.82, 2.24) is 10.2 Å². The number of methoxy groups -OCH3 is 1. The normalized spacial score (nSPS) is 12.7. The van der Waals surface area contributed by atoms with Gasteiger partial charge in [0.1, 0.15) is 18.3 Å². The van der Waals surface area contributed by atoms with Gasteiger partial charge in [0.15, 0.2) is 0 Å². The first-order chi connectivity index (χ1) is 19.9. The Morgan fingerprint density at radius 3 is 2.05 bits per heavy atom. The summed E-state index contributed by atoms with van der Waals surface area (Å²) in [6.07, 6.45) is 1.10. The maximum atomic E-state index is 14.2. The lowest BCUT2D eigenvalue weighted by Gasteiger charge is -2.34. The molecule has 2 amide bonds. The molecule has 0 bridgehead atoms. The van der Waals surface area contributed by atoms with Crippen molar-refractivity contribution >= 4 is 27.5 Å². The molecular weight excluding hydrogens is 550 g/mol. The second kappa shape index (κ2) is 14.4. The van der Waals surface area contributed by atoms with E-state index in [1.807, 2.05) is 65.8 Å². The predicted molar refractivity (Wildman–Crippen MR) is 167 cm³/mol. The minimum atomic E-state index is -4.12. The quantitative estimate of drug-likeness (QED) is 0.281. The molecule has 0 spiro atoms. The standard InChI is InChI=1S/C33H43N3O5S/c1-8-26(6)34-33(38)30(9-2)35(21-27-13-15-28(41-7)16-14-27)32(37)22-36(31-19-12-24(4)20-25(31)5)42(39,40)29-17-10-23(3)11-18-29/h10-20,26,30H,8-9,21-22H2,1-7H3,(H,34,38)/t26-,30+/m1/s1. The van der Waals surface area contributed by atoms with Crippen LogP contribution >= 0.6 is 0 Å². The van der Waals surface area contributed by atoms with Gasteiger partial charge in [-0.25, -0.2) is 8.42 Å². The van der Waals surface area contributed by atoms with Gasteiger partial charge in [0.05, 0.1) is 17.7 Å². The molecule has 0 aliphatic carbocycles. The molecule has 0 radical (unpaired) electrons. The summed E-state index contributed by atoms with van der Waals surface area (Å²) < 4.78 is 34.6. The highest BCUT2D eigenvalue weighted by molar-refractivity contribution is 7.92. The number of anilines is 1. The van der Waals surface area contributed by atoms with Crippen LogP contribution in [0, 0.1) is 20.8 Å². The molecule has 3 aromatic rings. The number of rotatable bonds is 13. The fourth-order valence-electron chi connectivity index (χ4n) is 4.72. The van der Waals surface area contributed by atoms with E-state index in [1.54, 1.807) is 49.6 Å². The van der Waals surface area contributed by atoms with E-state index in [1.165, 1.54) is 4.90 Å². The molecule has 3 aromatic carbocycles. The second-order valence-electron chi connectivity index (χ2n) is 10.7. The Morgan fingerprint density at radius 1 is 0.881 bits per heavy atom. The molecule has 0 saturated carbocycles. The van der Waals surface area contributed by atoms with Crippen molar-refractivity contribution in [1.29, 1.82) is 0 Å². The van der Waals surface area contributed by atoms with Crippen LogP contribution in [0.3, 0.4) is 0 Å². The summed E-state index contributed by atoms with van der Waals surface area (Å²) in [7, 11) is -2.55. The molecular formula is C33H43N3O5S. The van der Waals surface area contributed by atoms with Crippen LogP contribution in [0.2, 0.25) is 0 Å². The number of carbonyl (C=O) groups is 2.